The summed E-state index contributed by atoms with van der Waals surface area (Å²) in [4.78, 5) is 60.7. The first-order valence-corrected chi connectivity index (χ1v) is 37.2. The molecule has 11 aliphatic rings. The van der Waals surface area contributed by atoms with E-state index in [1.165, 1.54) is 141 Å². The third-order valence-corrected chi connectivity index (χ3v) is 22.3. The Morgan fingerprint density at radius 1 is 0.558 bits per heavy atom. The molecule has 3 amide bonds. The van der Waals surface area contributed by atoms with Gasteiger partial charge in [-0.25, -0.2) is 0 Å². The lowest BCUT2D eigenvalue weighted by molar-refractivity contribution is -0.166. The zero-order chi connectivity index (χ0) is 70.3. The fourth-order valence-corrected chi connectivity index (χ4v) is 16.5. The number of nitrogens with one attached hydrogen (secondary N) is 4. The van der Waals surface area contributed by atoms with Crippen molar-refractivity contribution in [3.8, 4) is 0 Å². The molecule has 11 fully saturated rings. The predicted octanol–water partition coefficient (Wildman–Crippen LogP) is 14.3. The van der Waals surface area contributed by atoms with Gasteiger partial charge < -0.3 is 36.0 Å². The van der Waals surface area contributed by atoms with Crippen LogP contribution >= 0.6 is 0 Å². The van der Waals surface area contributed by atoms with Crippen LogP contribution < -0.4 is 21.3 Å². The van der Waals surface area contributed by atoms with E-state index < -0.39 is 0 Å². The van der Waals surface area contributed by atoms with Gasteiger partial charge in [0.05, 0.1) is 0 Å². The van der Waals surface area contributed by atoms with Crippen molar-refractivity contribution < 1.29 is 19.2 Å². The third kappa shape index (κ3) is 27.1. The summed E-state index contributed by atoms with van der Waals surface area (Å²) in [6, 6.07) is 2.98. The first kappa shape index (κ1) is 86.1. The van der Waals surface area contributed by atoms with Crippen LogP contribution in [-0.4, -0.2) is 207 Å². The standard InChI is InChI=1S/C13H24N2.C12H24N2O.C12H22N2.2C11H20N2O.C11H20O.C8H17N.2CH4/c1-10(2)15-8-13(9-15)6-11(7-13)14-12(3,4)5;1-10(15)13-11-6-5-8-14(9-7-11)12(2,3)4;1-10(2)14-8-6-12(7-9-14)5-4-11(3)13-12;1-9(14)12-5-11(6-12)7-13(8-11)10(2,3)4;1-8(2)13-6-11(7-13)4-10(5-11)12-9(3)14;1-8(12)10-5-9(6-10)7-11(2,3)4;1-7-5-9(6-7)8(2,3)4;;/h11,14H,1,6-9H2,2-5H3;11H,5-9H2,1-4H3,(H,13,15);10,13H,3-9H2,1-2H3;5-8H2,1-4H3;8,10H,4-7H2,1-3H3,(H,12,14);9-10H,5-7H2,1-4H3;7H,5-6H2,1-4H3;2*1H4. The Labute approximate surface area is 586 Å². The van der Waals surface area contributed by atoms with Crippen molar-refractivity contribution in [3.63, 3.8) is 0 Å². The molecule has 0 aromatic carbocycles. The molecule has 11 rings (SSSR count). The Hall–Kier alpha value is -3.08. The van der Waals surface area contributed by atoms with E-state index in [2.05, 4.69) is 209 Å². The Bertz CT molecular complexity index is 2390. The number of likely N-dealkylation sites (tertiary alicyclic amines) is 7. The largest absolute Gasteiger partial charge is 0.383 e. The van der Waals surface area contributed by atoms with Crippen LogP contribution in [-0.2, 0) is 19.2 Å². The molecule has 554 valence electrons. The van der Waals surface area contributed by atoms with Gasteiger partial charge in [0.1, 0.15) is 5.78 Å². The maximum absolute atomic E-state index is 11.0. The van der Waals surface area contributed by atoms with Gasteiger partial charge in [0.2, 0.25) is 17.7 Å². The first-order valence-electron chi connectivity index (χ1n) is 37.2. The van der Waals surface area contributed by atoms with Crippen molar-refractivity contribution in [2.24, 2.45) is 39.4 Å². The minimum absolute atomic E-state index is 0. The van der Waals surface area contributed by atoms with E-state index in [0.29, 0.717) is 74.1 Å². The van der Waals surface area contributed by atoms with E-state index in [9.17, 15) is 19.2 Å². The first-order chi connectivity index (χ1) is 42.5. The lowest BCUT2D eigenvalue weighted by atomic mass is 9.60. The molecule has 1 unspecified atom stereocenters. The van der Waals surface area contributed by atoms with E-state index in [4.69, 9.17) is 0 Å². The number of ketones is 1. The molecule has 8 heterocycles. The fraction of sp³-hybridized carbons (Fsp3) is 0.900. The summed E-state index contributed by atoms with van der Waals surface area (Å²) in [6.07, 6.45) is 17.1. The summed E-state index contributed by atoms with van der Waals surface area (Å²) in [7, 11) is 0. The summed E-state index contributed by atoms with van der Waals surface area (Å²) in [5.74, 6) is 2.99. The highest BCUT2D eigenvalue weighted by molar-refractivity contribution is 5.79. The number of piperidine rings is 1. The van der Waals surface area contributed by atoms with E-state index in [-0.39, 0.29) is 43.7 Å². The van der Waals surface area contributed by atoms with Crippen LogP contribution in [0.2, 0.25) is 0 Å². The fourth-order valence-electron chi connectivity index (χ4n) is 16.5. The minimum Gasteiger partial charge on any atom is -0.383 e. The lowest BCUT2D eigenvalue weighted by Gasteiger charge is -2.63. The second kappa shape index (κ2) is 34.5. The van der Waals surface area contributed by atoms with Crippen LogP contribution in [0.4, 0.5) is 0 Å². The van der Waals surface area contributed by atoms with Gasteiger partial charge in [-0.15, -0.1) is 0 Å². The van der Waals surface area contributed by atoms with Crippen molar-refractivity contribution in [1.82, 2.24) is 55.6 Å². The molecule has 3 aliphatic carbocycles. The van der Waals surface area contributed by atoms with E-state index >= 15 is 0 Å². The smallest absolute Gasteiger partial charge is 0.219 e. The van der Waals surface area contributed by atoms with Crippen LogP contribution in [0.5, 0.6) is 0 Å². The van der Waals surface area contributed by atoms with Crippen molar-refractivity contribution in [2.45, 2.75) is 336 Å². The maximum Gasteiger partial charge on any atom is 0.219 e. The molecule has 95 heavy (non-hydrogen) atoms. The normalized spacial score (nSPS) is 26.1. The molecule has 15 nitrogen and oxygen atoms in total. The molecule has 8 saturated heterocycles. The molecule has 0 radical (unpaired) electrons. The number of allylic oxidation sites excluding steroid dienone is 2. The van der Waals surface area contributed by atoms with Gasteiger partial charge in [0.25, 0.3) is 0 Å². The molecule has 0 bridgehead atoms. The van der Waals surface area contributed by atoms with Crippen molar-refractivity contribution in [3.05, 3.63) is 24.6 Å². The quantitative estimate of drug-likeness (QED) is 0.184. The molecule has 15 heteroatoms. The van der Waals surface area contributed by atoms with E-state index in [1.807, 2.05) is 4.90 Å². The molecule has 0 aromatic heterocycles. The molecule has 4 spiro atoms. The van der Waals surface area contributed by atoms with Crippen molar-refractivity contribution >= 4 is 23.5 Å². The van der Waals surface area contributed by atoms with Gasteiger partial charge in [-0.2, -0.15) is 0 Å². The summed E-state index contributed by atoms with van der Waals surface area (Å²) < 4.78 is 0. The summed E-state index contributed by atoms with van der Waals surface area (Å²) in [5.41, 5.74) is 6.23. The zero-order valence-corrected chi connectivity index (χ0v) is 65.1. The number of rotatable bonds is 8. The van der Waals surface area contributed by atoms with E-state index in [1.54, 1.807) is 27.7 Å². The maximum atomic E-state index is 11.0. The van der Waals surface area contributed by atoms with Crippen LogP contribution in [0.15, 0.2) is 24.6 Å². The highest BCUT2D eigenvalue weighted by atomic mass is 16.2. The number of carbonyl (C=O) groups is 4. The van der Waals surface area contributed by atoms with Crippen LogP contribution in [0.1, 0.15) is 278 Å². The molecule has 0 aromatic rings. The van der Waals surface area contributed by atoms with Gasteiger partial charge in [0.15, 0.2) is 0 Å². The predicted molar refractivity (Wildman–Crippen MR) is 405 cm³/mol. The van der Waals surface area contributed by atoms with E-state index in [0.717, 1.165) is 69.7 Å². The number of hydrogen-bond acceptors (Lipinski definition) is 12. The number of Topliss-reactive ketones (excluding diaryl/α,β-unsaturated/α-hetero) is 1. The van der Waals surface area contributed by atoms with Crippen molar-refractivity contribution in [1.29, 1.82) is 0 Å². The van der Waals surface area contributed by atoms with Crippen LogP contribution in [0.25, 0.3) is 0 Å². The van der Waals surface area contributed by atoms with Gasteiger partial charge in [-0.05, 0) is 244 Å². The minimum atomic E-state index is 0. The second-order valence-corrected chi connectivity index (χ2v) is 38.0. The molecule has 4 N–H and O–H groups in total. The average molecular weight is 1340 g/mol. The number of hydrogen-bond donors (Lipinski definition) is 4. The Kier molecular flexibility index (Phi) is 31.3. The zero-order valence-electron chi connectivity index (χ0n) is 65.1. The Balaban J connectivity index is 0.000000289. The van der Waals surface area contributed by atoms with Gasteiger partial charge in [-0.1, -0.05) is 55.7 Å². The highest BCUT2D eigenvalue weighted by Gasteiger charge is 2.56. The number of nitrogens with zero attached hydrogens (tertiary/aromatic N) is 7. The molecular weight excluding hydrogens is 1180 g/mol. The Morgan fingerprint density at radius 2 is 1.02 bits per heavy atom. The molecule has 8 aliphatic heterocycles. The monoisotopic (exact) mass is 1330 g/mol. The summed E-state index contributed by atoms with van der Waals surface area (Å²) in [6.45, 7) is 78.6. The van der Waals surface area contributed by atoms with Gasteiger partial charge >= 0.3 is 0 Å². The summed E-state index contributed by atoms with van der Waals surface area (Å²) in [5, 5.41) is 13.3. The SMILES string of the molecule is C.C.C=C(C)N1CC2(CC(NC(C)(C)C)C2)C1.C=C1CCC2(CCN(C(C)C)CC2)N1.CC(=O)C1CC(CC(C)(C)C)C1.CC(=O)N1CC2(C1)CN(C(C)(C)C)C2.CC(=O)NC1CC2(C1)CN(C(C)C)C2.CC(=O)NC1CCCN(C(C)(C)C)CC1.CC1CN(C(C)(C)C)C1. The van der Waals surface area contributed by atoms with Gasteiger partial charge in [0, 0.05) is 192 Å². The molecular formula is C80H155N11O4. The molecule has 1 atom stereocenters. The average Bonchev–Trinajstić information content (AvgIpc) is 1.17. The lowest BCUT2D eigenvalue weighted by Crippen LogP contribution is -2.75. The topological polar surface area (TPSA) is 139 Å². The highest BCUT2D eigenvalue weighted by Crippen LogP contribution is 2.51. The van der Waals surface area contributed by atoms with Crippen molar-refractivity contribution in [2.75, 3.05) is 91.6 Å². The second-order valence-electron chi connectivity index (χ2n) is 38.0. The molecule has 3 saturated carbocycles. The third-order valence-electron chi connectivity index (χ3n) is 22.3. The van der Waals surface area contributed by atoms with Crippen LogP contribution in [0.3, 0.4) is 0 Å². The summed E-state index contributed by atoms with van der Waals surface area (Å²) >= 11 is 0. The van der Waals surface area contributed by atoms with Gasteiger partial charge in [-0.3, -0.25) is 38.8 Å². The Morgan fingerprint density at radius 3 is 1.40 bits per heavy atom. The van der Waals surface area contributed by atoms with Crippen LogP contribution in [0, 0.1) is 39.4 Å². The number of carbonyl (C=O) groups excluding carboxylic acids is 4. The number of amides is 3.